The first-order chi connectivity index (χ1) is 13.8. The number of pyridine rings is 1. The van der Waals surface area contributed by atoms with Crippen molar-refractivity contribution in [2.24, 2.45) is 0 Å². The summed E-state index contributed by atoms with van der Waals surface area (Å²) in [4.78, 5) is 9.00. The van der Waals surface area contributed by atoms with Gasteiger partial charge in [-0.2, -0.15) is 0 Å². The van der Waals surface area contributed by atoms with E-state index in [1.54, 1.807) is 47.7 Å². The molecule has 0 radical (unpaired) electrons. The summed E-state index contributed by atoms with van der Waals surface area (Å²) < 4.78 is 6.09. The standard InChI is InChI=1S/C19H17N5OS3/c1-25-15-7-5-13(6-8-15)10-21-18-23-24-19(28-18)27-12-14-11-26-17(22-14)16-4-2-3-9-20-16/h2-9,11H,10,12H2,1H3,(H,21,23). The number of rotatable bonds is 8. The quantitative estimate of drug-likeness (QED) is 0.398. The van der Waals surface area contributed by atoms with Crippen LogP contribution in [-0.2, 0) is 12.3 Å². The summed E-state index contributed by atoms with van der Waals surface area (Å²) in [6, 6.07) is 13.8. The number of benzene rings is 1. The van der Waals surface area contributed by atoms with Crippen LogP contribution in [0.3, 0.4) is 0 Å². The molecule has 0 aliphatic carbocycles. The van der Waals surface area contributed by atoms with Gasteiger partial charge in [0, 0.05) is 23.9 Å². The molecular formula is C19H17N5OS3. The van der Waals surface area contributed by atoms with Gasteiger partial charge in [0.1, 0.15) is 10.8 Å². The van der Waals surface area contributed by atoms with E-state index in [4.69, 9.17) is 4.74 Å². The summed E-state index contributed by atoms with van der Waals surface area (Å²) in [5.74, 6) is 1.61. The molecule has 3 heterocycles. The Kier molecular flexibility index (Phi) is 6.15. The smallest absolute Gasteiger partial charge is 0.206 e. The molecule has 0 saturated heterocycles. The van der Waals surface area contributed by atoms with E-state index in [1.165, 1.54) is 0 Å². The summed E-state index contributed by atoms with van der Waals surface area (Å²) in [5, 5.41) is 15.6. The van der Waals surface area contributed by atoms with E-state index in [0.717, 1.165) is 42.9 Å². The summed E-state index contributed by atoms with van der Waals surface area (Å²) in [5.41, 5.74) is 3.10. The summed E-state index contributed by atoms with van der Waals surface area (Å²) in [6.45, 7) is 0.697. The Hall–Kier alpha value is -2.49. The van der Waals surface area contributed by atoms with Gasteiger partial charge in [-0.05, 0) is 29.8 Å². The summed E-state index contributed by atoms with van der Waals surface area (Å²) >= 11 is 4.80. The van der Waals surface area contributed by atoms with Gasteiger partial charge in [-0.15, -0.1) is 21.5 Å². The minimum Gasteiger partial charge on any atom is -0.497 e. The van der Waals surface area contributed by atoms with Gasteiger partial charge in [-0.1, -0.05) is 41.3 Å². The molecule has 0 amide bonds. The van der Waals surface area contributed by atoms with Crippen LogP contribution in [-0.4, -0.2) is 27.3 Å². The van der Waals surface area contributed by atoms with Crippen molar-refractivity contribution in [2.45, 2.75) is 16.6 Å². The maximum atomic E-state index is 5.17. The molecule has 142 valence electrons. The van der Waals surface area contributed by atoms with Crippen molar-refractivity contribution in [3.8, 4) is 16.5 Å². The van der Waals surface area contributed by atoms with E-state index in [0.29, 0.717) is 6.54 Å². The molecule has 28 heavy (non-hydrogen) atoms. The maximum Gasteiger partial charge on any atom is 0.206 e. The molecule has 0 spiro atoms. The first kappa shape index (κ1) is 18.9. The van der Waals surface area contributed by atoms with Crippen molar-refractivity contribution in [3.63, 3.8) is 0 Å². The minimum atomic E-state index is 0.697. The molecular weight excluding hydrogens is 410 g/mol. The second-order valence-electron chi connectivity index (χ2n) is 5.72. The molecule has 0 aliphatic heterocycles. The number of anilines is 1. The number of thiazole rings is 1. The SMILES string of the molecule is COc1ccc(CNc2nnc(SCc3csc(-c4ccccn4)n3)s2)cc1. The fourth-order valence-corrected chi connectivity index (χ4v) is 4.92. The van der Waals surface area contributed by atoms with Crippen molar-refractivity contribution in [1.82, 2.24) is 20.2 Å². The molecule has 9 heteroatoms. The van der Waals surface area contributed by atoms with Crippen LogP contribution in [0.4, 0.5) is 5.13 Å². The van der Waals surface area contributed by atoms with Crippen LogP contribution in [0.25, 0.3) is 10.7 Å². The number of aromatic nitrogens is 4. The zero-order valence-corrected chi connectivity index (χ0v) is 17.5. The van der Waals surface area contributed by atoms with Crippen LogP contribution in [0.15, 0.2) is 58.4 Å². The average Bonchev–Trinajstić information content (AvgIpc) is 3.41. The third-order valence-corrected chi connectivity index (χ3v) is 6.75. The number of ether oxygens (including phenoxy) is 1. The Morgan fingerprint density at radius 3 is 2.79 bits per heavy atom. The van der Waals surface area contributed by atoms with E-state index in [1.807, 2.05) is 42.5 Å². The zero-order valence-electron chi connectivity index (χ0n) is 15.0. The van der Waals surface area contributed by atoms with E-state index < -0.39 is 0 Å². The molecule has 0 saturated carbocycles. The van der Waals surface area contributed by atoms with Crippen LogP contribution in [0.1, 0.15) is 11.3 Å². The number of thioether (sulfide) groups is 1. The lowest BCUT2D eigenvalue weighted by atomic mass is 10.2. The zero-order chi connectivity index (χ0) is 19.2. The van der Waals surface area contributed by atoms with E-state index in [9.17, 15) is 0 Å². The van der Waals surface area contributed by atoms with Gasteiger partial charge < -0.3 is 10.1 Å². The number of methoxy groups -OCH3 is 1. The number of hydrogen-bond acceptors (Lipinski definition) is 9. The fraction of sp³-hybridized carbons (Fsp3) is 0.158. The third-order valence-electron chi connectivity index (χ3n) is 3.79. The van der Waals surface area contributed by atoms with Gasteiger partial charge in [0.15, 0.2) is 4.34 Å². The van der Waals surface area contributed by atoms with Crippen LogP contribution >= 0.6 is 34.4 Å². The Balaban J connectivity index is 1.29. The Morgan fingerprint density at radius 1 is 1.11 bits per heavy atom. The summed E-state index contributed by atoms with van der Waals surface area (Å²) in [6.07, 6.45) is 1.78. The largest absolute Gasteiger partial charge is 0.497 e. The normalized spacial score (nSPS) is 10.8. The van der Waals surface area contributed by atoms with Crippen LogP contribution in [0, 0.1) is 0 Å². The second kappa shape index (κ2) is 9.13. The van der Waals surface area contributed by atoms with Gasteiger partial charge >= 0.3 is 0 Å². The molecule has 1 N–H and O–H groups in total. The van der Waals surface area contributed by atoms with Crippen molar-refractivity contribution in [3.05, 3.63) is 65.3 Å². The molecule has 0 unspecified atom stereocenters. The molecule has 4 rings (SSSR count). The first-order valence-electron chi connectivity index (χ1n) is 8.49. The van der Waals surface area contributed by atoms with Gasteiger partial charge in [0.05, 0.1) is 18.5 Å². The highest BCUT2D eigenvalue weighted by atomic mass is 32.2. The Morgan fingerprint density at radius 2 is 2.00 bits per heavy atom. The molecule has 6 nitrogen and oxygen atoms in total. The van der Waals surface area contributed by atoms with Crippen molar-refractivity contribution >= 4 is 39.6 Å². The van der Waals surface area contributed by atoms with Crippen molar-refractivity contribution in [1.29, 1.82) is 0 Å². The lowest BCUT2D eigenvalue weighted by molar-refractivity contribution is 0.414. The predicted molar refractivity (Wildman–Crippen MR) is 115 cm³/mol. The first-order valence-corrected chi connectivity index (χ1v) is 11.2. The monoisotopic (exact) mass is 427 g/mol. The van der Waals surface area contributed by atoms with Gasteiger partial charge in [-0.25, -0.2) is 4.98 Å². The second-order valence-corrected chi connectivity index (χ2v) is 8.78. The molecule has 0 atom stereocenters. The van der Waals surface area contributed by atoms with Crippen molar-refractivity contribution < 1.29 is 4.74 Å². The third kappa shape index (κ3) is 4.86. The number of nitrogens with zero attached hydrogens (tertiary/aromatic N) is 4. The van der Waals surface area contributed by atoms with E-state index in [2.05, 4.69) is 30.9 Å². The van der Waals surface area contributed by atoms with E-state index in [-0.39, 0.29) is 0 Å². The molecule has 3 aromatic heterocycles. The lowest BCUT2D eigenvalue weighted by Gasteiger charge is -2.03. The fourth-order valence-electron chi connectivity index (χ4n) is 2.38. The Labute approximate surface area is 175 Å². The number of nitrogens with one attached hydrogen (secondary N) is 1. The van der Waals surface area contributed by atoms with Crippen LogP contribution in [0.2, 0.25) is 0 Å². The molecule has 0 bridgehead atoms. The maximum absolute atomic E-state index is 5.17. The van der Waals surface area contributed by atoms with Crippen molar-refractivity contribution in [2.75, 3.05) is 12.4 Å². The Bertz CT molecular complexity index is 1020. The average molecular weight is 428 g/mol. The number of hydrogen-bond donors (Lipinski definition) is 1. The summed E-state index contributed by atoms with van der Waals surface area (Å²) in [7, 11) is 1.67. The topological polar surface area (TPSA) is 72.8 Å². The molecule has 4 aromatic rings. The highest BCUT2D eigenvalue weighted by Gasteiger charge is 2.09. The van der Waals surface area contributed by atoms with Crippen LogP contribution in [0.5, 0.6) is 5.75 Å². The van der Waals surface area contributed by atoms with Crippen LogP contribution < -0.4 is 10.1 Å². The van der Waals surface area contributed by atoms with E-state index >= 15 is 0 Å². The molecule has 1 aromatic carbocycles. The predicted octanol–water partition coefficient (Wildman–Crippen LogP) is 4.97. The van der Waals surface area contributed by atoms with Gasteiger partial charge in [-0.3, -0.25) is 4.98 Å². The highest BCUT2D eigenvalue weighted by molar-refractivity contribution is 8.00. The lowest BCUT2D eigenvalue weighted by Crippen LogP contribution is -1.98. The molecule has 0 aliphatic rings. The van der Waals surface area contributed by atoms with Gasteiger partial charge in [0.2, 0.25) is 5.13 Å². The van der Waals surface area contributed by atoms with Gasteiger partial charge in [0.25, 0.3) is 0 Å². The highest BCUT2D eigenvalue weighted by Crippen LogP contribution is 2.30. The minimum absolute atomic E-state index is 0.697. The molecule has 0 fully saturated rings.